The highest BCUT2D eigenvalue weighted by molar-refractivity contribution is 5.79. The largest absolute Gasteiger partial charge is 0.381 e. The molecule has 2 amide bonds. The maximum atomic E-state index is 12.4. The van der Waals surface area contributed by atoms with Gasteiger partial charge in [0.2, 0.25) is 11.8 Å². The first-order chi connectivity index (χ1) is 12.0. The van der Waals surface area contributed by atoms with E-state index < -0.39 is 0 Å². The normalized spacial score (nSPS) is 22.7. The van der Waals surface area contributed by atoms with Crippen molar-refractivity contribution in [1.82, 2.24) is 15.4 Å². The van der Waals surface area contributed by atoms with E-state index in [-0.39, 0.29) is 23.8 Å². The number of hydrogen-bond acceptors (Lipinski definition) is 5. The fraction of sp³-hybridized carbons (Fsp3) is 0.722. The van der Waals surface area contributed by atoms with Crippen molar-refractivity contribution in [3.05, 3.63) is 17.0 Å². The molecule has 0 spiro atoms. The van der Waals surface area contributed by atoms with Gasteiger partial charge < -0.3 is 19.5 Å². The lowest BCUT2D eigenvalue weighted by molar-refractivity contribution is -0.131. The summed E-state index contributed by atoms with van der Waals surface area (Å²) in [4.78, 5) is 26.7. The van der Waals surface area contributed by atoms with Crippen LogP contribution in [0.2, 0.25) is 0 Å². The van der Waals surface area contributed by atoms with Gasteiger partial charge in [0.15, 0.2) is 0 Å². The molecule has 138 valence electrons. The van der Waals surface area contributed by atoms with Gasteiger partial charge in [0.05, 0.1) is 12.2 Å². The smallest absolute Gasteiger partial charge is 0.223 e. The molecule has 7 nitrogen and oxygen atoms in total. The van der Waals surface area contributed by atoms with Gasteiger partial charge in [0.1, 0.15) is 5.76 Å². The van der Waals surface area contributed by atoms with Gasteiger partial charge in [-0.15, -0.1) is 0 Å². The summed E-state index contributed by atoms with van der Waals surface area (Å²) in [5.74, 6) is 1.05. The highest BCUT2D eigenvalue weighted by Crippen LogP contribution is 2.20. The number of amides is 2. The van der Waals surface area contributed by atoms with Crippen molar-refractivity contribution < 1.29 is 18.8 Å². The van der Waals surface area contributed by atoms with Crippen LogP contribution in [-0.2, 0) is 20.9 Å². The van der Waals surface area contributed by atoms with Gasteiger partial charge in [-0.3, -0.25) is 9.59 Å². The highest BCUT2D eigenvalue weighted by Gasteiger charge is 2.28. The highest BCUT2D eigenvalue weighted by atomic mass is 16.5. The molecule has 1 aromatic rings. The van der Waals surface area contributed by atoms with Crippen molar-refractivity contribution >= 4 is 11.8 Å². The molecule has 1 aromatic heterocycles. The summed E-state index contributed by atoms with van der Waals surface area (Å²) in [5, 5.41) is 7.10. The second kappa shape index (κ2) is 7.99. The second-order valence-corrected chi connectivity index (χ2v) is 7.04. The van der Waals surface area contributed by atoms with Crippen LogP contribution >= 0.6 is 0 Å². The number of nitrogens with zero attached hydrogens (tertiary/aromatic N) is 2. The Morgan fingerprint density at radius 2 is 2.00 bits per heavy atom. The number of ether oxygens (including phenoxy) is 1. The summed E-state index contributed by atoms with van der Waals surface area (Å²) in [6.45, 7) is 6.25. The van der Waals surface area contributed by atoms with Gasteiger partial charge in [-0.1, -0.05) is 5.16 Å². The predicted molar refractivity (Wildman–Crippen MR) is 90.7 cm³/mol. The van der Waals surface area contributed by atoms with Crippen molar-refractivity contribution in [1.29, 1.82) is 0 Å². The molecule has 7 heteroatoms. The van der Waals surface area contributed by atoms with Crippen LogP contribution in [0, 0.1) is 19.8 Å². The fourth-order valence-electron chi connectivity index (χ4n) is 3.55. The number of likely N-dealkylation sites (tertiary alicyclic amines) is 1. The molecule has 2 fully saturated rings. The Kier molecular flexibility index (Phi) is 5.73. The molecular weight excluding hydrogens is 322 g/mol. The number of carbonyl (C=O) groups is 2. The molecule has 3 heterocycles. The van der Waals surface area contributed by atoms with Gasteiger partial charge >= 0.3 is 0 Å². The third kappa shape index (κ3) is 4.39. The standard InChI is InChI=1S/C18H27N3O4/c1-12-16(13(2)25-20-12)11-21-8-5-15(3-4-17(21)22)19-18(23)14-6-9-24-10-7-14/h14-15H,3-11H2,1-2H3,(H,19,23). The maximum Gasteiger partial charge on any atom is 0.223 e. The molecule has 0 radical (unpaired) electrons. The SMILES string of the molecule is Cc1noc(C)c1CN1CCC(NC(=O)C2CCOCC2)CCC1=O. The number of aromatic nitrogens is 1. The van der Waals surface area contributed by atoms with Crippen LogP contribution in [0.15, 0.2) is 4.52 Å². The Morgan fingerprint density at radius 1 is 1.24 bits per heavy atom. The first kappa shape index (κ1) is 17.9. The van der Waals surface area contributed by atoms with Crippen molar-refractivity contribution in [2.24, 2.45) is 5.92 Å². The van der Waals surface area contributed by atoms with Crippen LogP contribution in [0.4, 0.5) is 0 Å². The summed E-state index contributed by atoms with van der Waals surface area (Å²) in [6.07, 6.45) is 3.52. The van der Waals surface area contributed by atoms with Crippen LogP contribution in [0.1, 0.15) is 49.1 Å². The zero-order valence-corrected chi connectivity index (χ0v) is 15.0. The van der Waals surface area contributed by atoms with E-state index in [4.69, 9.17) is 9.26 Å². The monoisotopic (exact) mass is 349 g/mol. The van der Waals surface area contributed by atoms with Gasteiger partial charge in [-0.05, 0) is 39.5 Å². The van der Waals surface area contributed by atoms with E-state index in [0.29, 0.717) is 39.1 Å². The topological polar surface area (TPSA) is 84.7 Å². The van der Waals surface area contributed by atoms with Crippen molar-refractivity contribution in [3.8, 4) is 0 Å². The van der Waals surface area contributed by atoms with Gasteiger partial charge in [-0.25, -0.2) is 0 Å². The molecule has 0 bridgehead atoms. The van der Waals surface area contributed by atoms with Crippen LogP contribution in [0.5, 0.6) is 0 Å². The van der Waals surface area contributed by atoms with E-state index in [9.17, 15) is 9.59 Å². The lowest BCUT2D eigenvalue weighted by atomic mass is 9.98. The molecule has 2 aliphatic rings. The van der Waals surface area contributed by atoms with E-state index in [1.165, 1.54) is 0 Å². The molecule has 25 heavy (non-hydrogen) atoms. The molecule has 0 aromatic carbocycles. The number of aryl methyl sites for hydroxylation is 2. The number of hydrogen-bond donors (Lipinski definition) is 1. The Morgan fingerprint density at radius 3 is 2.68 bits per heavy atom. The van der Waals surface area contributed by atoms with Gasteiger partial charge in [-0.2, -0.15) is 0 Å². The average molecular weight is 349 g/mol. The number of rotatable bonds is 4. The van der Waals surface area contributed by atoms with E-state index in [1.807, 2.05) is 18.7 Å². The Labute approximate surface area is 148 Å². The fourth-order valence-corrected chi connectivity index (χ4v) is 3.55. The average Bonchev–Trinajstić information content (AvgIpc) is 2.83. The predicted octanol–water partition coefficient (Wildman–Crippen LogP) is 1.72. The minimum absolute atomic E-state index is 0.0473. The van der Waals surface area contributed by atoms with E-state index in [2.05, 4.69) is 10.5 Å². The van der Waals surface area contributed by atoms with E-state index in [0.717, 1.165) is 36.3 Å². The molecule has 2 aliphatic heterocycles. The van der Waals surface area contributed by atoms with Crippen LogP contribution < -0.4 is 5.32 Å². The zero-order valence-electron chi connectivity index (χ0n) is 15.0. The number of nitrogens with one attached hydrogen (secondary N) is 1. The Bertz CT molecular complexity index is 602. The van der Waals surface area contributed by atoms with Crippen LogP contribution in [-0.4, -0.2) is 47.7 Å². The second-order valence-electron chi connectivity index (χ2n) is 7.04. The maximum absolute atomic E-state index is 12.4. The minimum Gasteiger partial charge on any atom is -0.381 e. The molecule has 0 saturated carbocycles. The first-order valence-corrected chi connectivity index (χ1v) is 9.12. The van der Waals surface area contributed by atoms with Crippen LogP contribution in [0.3, 0.4) is 0 Å². The van der Waals surface area contributed by atoms with Crippen molar-refractivity contribution in [2.75, 3.05) is 19.8 Å². The molecule has 3 rings (SSSR count). The van der Waals surface area contributed by atoms with Crippen LogP contribution in [0.25, 0.3) is 0 Å². The zero-order chi connectivity index (χ0) is 17.8. The summed E-state index contributed by atoms with van der Waals surface area (Å²) >= 11 is 0. The van der Waals surface area contributed by atoms with E-state index >= 15 is 0 Å². The lowest BCUT2D eigenvalue weighted by Gasteiger charge is -2.24. The van der Waals surface area contributed by atoms with Crippen molar-refractivity contribution in [2.45, 2.75) is 58.5 Å². The Hall–Kier alpha value is -1.89. The molecule has 1 N–H and O–H groups in total. The molecule has 1 atom stereocenters. The minimum atomic E-state index is 0.0473. The van der Waals surface area contributed by atoms with Gasteiger partial charge in [0, 0.05) is 43.7 Å². The quantitative estimate of drug-likeness (QED) is 0.895. The molecule has 1 unspecified atom stereocenters. The molecule has 0 aliphatic carbocycles. The summed E-state index contributed by atoms with van der Waals surface area (Å²) in [7, 11) is 0. The Balaban J connectivity index is 1.55. The third-order valence-corrected chi connectivity index (χ3v) is 5.28. The van der Waals surface area contributed by atoms with E-state index in [1.54, 1.807) is 0 Å². The molecule has 2 saturated heterocycles. The third-order valence-electron chi connectivity index (χ3n) is 5.28. The summed E-state index contributed by atoms with van der Waals surface area (Å²) in [6, 6.07) is 0.0639. The van der Waals surface area contributed by atoms with Crippen molar-refractivity contribution in [3.63, 3.8) is 0 Å². The first-order valence-electron chi connectivity index (χ1n) is 9.12. The number of carbonyl (C=O) groups excluding carboxylic acids is 2. The summed E-state index contributed by atoms with van der Waals surface area (Å²) in [5.41, 5.74) is 1.82. The summed E-state index contributed by atoms with van der Waals surface area (Å²) < 4.78 is 10.5. The molecular formula is C18H27N3O4. The lowest BCUT2D eigenvalue weighted by Crippen LogP contribution is -2.41. The van der Waals surface area contributed by atoms with Gasteiger partial charge in [0.25, 0.3) is 0 Å².